The SMILES string of the molecule is COC(=O)CCCNC(=O)COC(=O)C12C[C@@H]3C[C@H](CC(Br)(C3)C1)C2. The second-order valence-electron chi connectivity index (χ2n) is 8.00. The Morgan fingerprint density at radius 3 is 2.44 bits per heavy atom. The summed E-state index contributed by atoms with van der Waals surface area (Å²) in [5, 5.41) is 2.67. The molecule has 4 saturated carbocycles. The molecule has 4 aliphatic rings. The van der Waals surface area contributed by atoms with Gasteiger partial charge in [-0.05, 0) is 56.8 Å². The van der Waals surface area contributed by atoms with Crippen molar-refractivity contribution in [2.45, 2.75) is 55.7 Å². The van der Waals surface area contributed by atoms with E-state index < -0.39 is 5.41 Å². The van der Waals surface area contributed by atoms with Crippen LogP contribution in [0.2, 0.25) is 0 Å². The van der Waals surface area contributed by atoms with Crippen molar-refractivity contribution in [2.75, 3.05) is 20.3 Å². The maximum atomic E-state index is 12.7. The van der Waals surface area contributed by atoms with E-state index >= 15 is 0 Å². The van der Waals surface area contributed by atoms with Gasteiger partial charge in [0.15, 0.2) is 6.61 Å². The van der Waals surface area contributed by atoms with Crippen LogP contribution in [0.1, 0.15) is 51.4 Å². The lowest BCUT2D eigenvalue weighted by molar-refractivity contribution is -0.171. The van der Waals surface area contributed by atoms with Gasteiger partial charge < -0.3 is 14.8 Å². The van der Waals surface area contributed by atoms with Crippen LogP contribution >= 0.6 is 15.9 Å². The van der Waals surface area contributed by atoms with E-state index in [1.807, 2.05) is 0 Å². The van der Waals surface area contributed by atoms with E-state index in [4.69, 9.17) is 4.74 Å². The maximum Gasteiger partial charge on any atom is 0.312 e. The van der Waals surface area contributed by atoms with E-state index in [9.17, 15) is 14.4 Å². The molecule has 0 heterocycles. The van der Waals surface area contributed by atoms with Gasteiger partial charge in [0.1, 0.15) is 0 Å². The smallest absolute Gasteiger partial charge is 0.312 e. The molecule has 0 aromatic carbocycles. The topological polar surface area (TPSA) is 81.7 Å². The van der Waals surface area contributed by atoms with E-state index in [2.05, 4.69) is 26.0 Å². The Bertz CT molecular complexity index is 550. The van der Waals surface area contributed by atoms with E-state index in [0.29, 0.717) is 24.8 Å². The van der Waals surface area contributed by atoms with Gasteiger partial charge in [-0.25, -0.2) is 0 Å². The molecule has 140 valence electrons. The quantitative estimate of drug-likeness (QED) is 0.392. The Kier molecular flexibility index (Phi) is 5.42. The van der Waals surface area contributed by atoms with Crippen molar-refractivity contribution in [3.8, 4) is 0 Å². The molecule has 1 amide bonds. The van der Waals surface area contributed by atoms with Crippen LogP contribution in [0.5, 0.6) is 0 Å². The number of carbonyl (C=O) groups excluding carboxylic acids is 3. The number of halogens is 1. The average molecular weight is 416 g/mol. The summed E-state index contributed by atoms with van der Waals surface area (Å²) >= 11 is 3.88. The Balaban J connectivity index is 1.43. The van der Waals surface area contributed by atoms with Gasteiger partial charge in [-0.15, -0.1) is 0 Å². The highest BCUT2D eigenvalue weighted by Crippen LogP contribution is 2.64. The molecule has 6 nitrogen and oxygen atoms in total. The predicted molar refractivity (Wildman–Crippen MR) is 94.0 cm³/mol. The monoisotopic (exact) mass is 415 g/mol. The molecule has 0 saturated heterocycles. The second kappa shape index (κ2) is 7.25. The zero-order valence-electron chi connectivity index (χ0n) is 14.6. The van der Waals surface area contributed by atoms with Crippen LogP contribution in [-0.2, 0) is 23.9 Å². The highest BCUT2D eigenvalue weighted by Gasteiger charge is 2.60. The third kappa shape index (κ3) is 4.18. The van der Waals surface area contributed by atoms with Crippen molar-refractivity contribution < 1.29 is 23.9 Å². The summed E-state index contributed by atoms with van der Waals surface area (Å²) in [5.41, 5.74) is -0.404. The minimum atomic E-state index is -0.404. The molecule has 0 aromatic heterocycles. The number of nitrogens with one attached hydrogen (secondary N) is 1. The summed E-state index contributed by atoms with van der Waals surface area (Å²) in [6.07, 6.45) is 6.92. The van der Waals surface area contributed by atoms with Gasteiger partial charge in [0.25, 0.3) is 5.91 Å². The summed E-state index contributed by atoms with van der Waals surface area (Å²) in [7, 11) is 1.34. The van der Waals surface area contributed by atoms with Crippen LogP contribution in [0.25, 0.3) is 0 Å². The fourth-order valence-electron chi connectivity index (χ4n) is 5.29. The molecule has 7 heteroatoms. The second-order valence-corrected chi connectivity index (χ2v) is 9.68. The lowest BCUT2D eigenvalue weighted by atomic mass is 9.49. The van der Waals surface area contributed by atoms with Gasteiger partial charge in [0.2, 0.25) is 0 Å². The van der Waals surface area contributed by atoms with Crippen LogP contribution < -0.4 is 5.32 Å². The molecule has 0 aliphatic heterocycles. The third-order valence-corrected chi connectivity index (χ3v) is 6.79. The van der Waals surface area contributed by atoms with E-state index in [0.717, 1.165) is 32.1 Å². The van der Waals surface area contributed by atoms with Gasteiger partial charge >= 0.3 is 11.9 Å². The molecule has 4 bridgehead atoms. The summed E-state index contributed by atoms with van der Waals surface area (Å²) in [6.45, 7) is 0.120. The number of amides is 1. The van der Waals surface area contributed by atoms with Crippen LogP contribution in [0, 0.1) is 17.3 Å². The number of hydrogen-bond donors (Lipinski definition) is 1. The van der Waals surface area contributed by atoms with Gasteiger partial charge in [-0.2, -0.15) is 0 Å². The highest BCUT2D eigenvalue weighted by molar-refractivity contribution is 9.10. The Hall–Kier alpha value is -1.11. The molecule has 2 atom stereocenters. The predicted octanol–water partition coefficient (Wildman–Crippen LogP) is 2.33. The molecule has 4 rings (SSSR count). The Labute approximate surface area is 156 Å². The van der Waals surface area contributed by atoms with Crippen molar-refractivity contribution in [3.05, 3.63) is 0 Å². The number of rotatable bonds is 7. The van der Waals surface area contributed by atoms with E-state index in [1.54, 1.807) is 0 Å². The summed E-state index contributed by atoms with van der Waals surface area (Å²) < 4.78 is 10.00. The van der Waals surface area contributed by atoms with Crippen molar-refractivity contribution >= 4 is 33.8 Å². The molecular weight excluding hydrogens is 390 g/mol. The fourth-order valence-corrected chi connectivity index (χ4v) is 6.74. The first-order chi connectivity index (χ1) is 11.8. The van der Waals surface area contributed by atoms with Crippen molar-refractivity contribution in [3.63, 3.8) is 0 Å². The molecular formula is C18H26BrNO5. The first-order valence-corrected chi connectivity index (χ1v) is 9.83. The maximum absolute atomic E-state index is 12.7. The number of carbonyl (C=O) groups is 3. The number of alkyl halides is 1. The fraction of sp³-hybridized carbons (Fsp3) is 0.833. The largest absolute Gasteiger partial charge is 0.469 e. The molecule has 0 radical (unpaired) electrons. The molecule has 4 fully saturated rings. The lowest BCUT2D eigenvalue weighted by Gasteiger charge is -2.58. The van der Waals surface area contributed by atoms with Gasteiger partial charge in [0.05, 0.1) is 12.5 Å². The average Bonchev–Trinajstić information content (AvgIpc) is 2.54. The molecule has 4 aliphatic carbocycles. The minimum Gasteiger partial charge on any atom is -0.469 e. The van der Waals surface area contributed by atoms with E-state index in [-0.39, 0.29) is 35.2 Å². The van der Waals surface area contributed by atoms with Crippen LogP contribution in [0.4, 0.5) is 0 Å². The molecule has 25 heavy (non-hydrogen) atoms. The highest BCUT2D eigenvalue weighted by atomic mass is 79.9. The number of esters is 2. The lowest BCUT2D eigenvalue weighted by Crippen LogP contribution is -2.56. The van der Waals surface area contributed by atoms with Crippen molar-refractivity contribution in [1.82, 2.24) is 5.32 Å². The number of ether oxygens (including phenoxy) is 2. The first-order valence-electron chi connectivity index (χ1n) is 9.04. The third-order valence-electron chi connectivity index (χ3n) is 5.86. The summed E-state index contributed by atoms with van der Waals surface area (Å²) in [5.74, 6) is 0.360. The van der Waals surface area contributed by atoms with Gasteiger partial charge in [0, 0.05) is 17.3 Å². The molecule has 1 N–H and O–H groups in total. The number of hydrogen-bond acceptors (Lipinski definition) is 5. The zero-order valence-corrected chi connectivity index (χ0v) is 16.2. The van der Waals surface area contributed by atoms with Crippen molar-refractivity contribution in [1.29, 1.82) is 0 Å². The normalized spacial score (nSPS) is 35.3. The number of methoxy groups -OCH3 is 1. The van der Waals surface area contributed by atoms with Crippen molar-refractivity contribution in [2.24, 2.45) is 17.3 Å². The molecule has 0 aromatic rings. The van der Waals surface area contributed by atoms with Crippen LogP contribution in [0.3, 0.4) is 0 Å². The Morgan fingerprint density at radius 2 is 1.84 bits per heavy atom. The Morgan fingerprint density at radius 1 is 1.16 bits per heavy atom. The zero-order chi connectivity index (χ0) is 18.1. The van der Waals surface area contributed by atoms with E-state index in [1.165, 1.54) is 13.5 Å². The molecule has 0 spiro atoms. The summed E-state index contributed by atoms with van der Waals surface area (Å²) in [4.78, 5) is 35.6. The van der Waals surface area contributed by atoms with Gasteiger partial charge in [-0.1, -0.05) is 15.9 Å². The van der Waals surface area contributed by atoms with Gasteiger partial charge in [-0.3, -0.25) is 14.4 Å². The summed E-state index contributed by atoms with van der Waals surface area (Å²) in [6, 6.07) is 0. The standard InChI is InChI=1S/C18H26BrNO5/c1-24-15(22)3-2-4-20-14(21)10-25-16(23)17-6-12-5-13(7-17)9-18(19,8-12)11-17/h12-13H,2-11H2,1H3,(H,20,21)/t12-,13-,17?,18?/m0/s1. The first kappa shape index (κ1) is 18.7. The van der Waals surface area contributed by atoms with Crippen LogP contribution in [-0.4, -0.2) is 42.4 Å². The minimum absolute atomic E-state index is 0.0895. The van der Waals surface area contributed by atoms with Crippen LogP contribution in [0.15, 0.2) is 0 Å². The molecule has 0 unspecified atom stereocenters.